The van der Waals surface area contributed by atoms with Crippen LogP contribution in [0.4, 0.5) is 0 Å². The normalized spacial score (nSPS) is 11.8. The second-order valence-electron chi connectivity index (χ2n) is 4.38. The van der Waals surface area contributed by atoms with Crippen molar-refractivity contribution in [3.63, 3.8) is 0 Å². The fourth-order valence-corrected chi connectivity index (χ4v) is 2.28. The van der Waals surface area contributed by atoms with E-state index in [1.165, 1.54) is 16.0 Å². The average Bonchev–Trinajstić information content (AvgIpc) is 2.02. The van der Waals surface area contributed by atoms with E-state index in [-0.39, 0.29) is 5.41 Å². The van der Waals surface area contributed by atoms with Gasteiger partial charge in [0, 0.05) is 4.90 Å². The molecule has 0 spiro atoms. The number of rotatable bonds is 1. The highest BCUT2D eigenvalue weighted by Crippen LogP contribution is 2.30. The van der Waals surface area contributed by atoms with Crippen LogP contribution >= 0.6 is 11.8 Å². The maximum Gasteiger partial charge on any atom is 0.0101 e. The van der Waals surface area contributed by atoms with Gasteiger partial charge in [-0.2, -0.15) is 0 Å². The van der Waals surface area contributed by atoms with E-state index in [1.54, 1.807) is 0 Å². The number of hydrogen-bond acceptors (Lipinski definition) is 1. The van der Waals surface area contributed by atoms with Crippen molar-refractivity contribution in [2.24, 2.45) is 0 Å². The maximum absolute atomic E-state index is 2.26. The van der Waals surface area contributed by atoms with E-state index in [9.17, 15) is 0 Å². The molecule has 0 atom stereocenters. The molecule has 72 valence electrons. The molecule has 13 heavy (non-hydrogen) atoms. The quantitative estimate of drug-likeness (QED) is 0.609. The molecule has 0 aliphatic carbocycles. The van der Waals surface area contributed by atoms with Crippen molar-refractivity contribution >= 4 is 11.8 Å². The van der Waals surface area contributed by atoms with E-state index in [1.807, 2.05) is 11.8 Å². The van der Waals surface area contributed by atoms with Crippen LogP contribution in [0.5, 0.6) is 0 Å². The van der Waals surface area contributed by atoms with Gasteiger partial charge in [0.05, 0.1) is 0 Å². The van der Waals surface area contributed by atoms with E-state index in [0.29, 0.717) is 0 Å². The summed E-state index contributed by atoms with van der Waals surface area (Å²) in [5.41, 5.74) is 3.15. The minimum absolute atomic E-state index is 0.260. The molecule has 0 nitrogen and oxygen atoms in total. The molecule has 0 fully saturated rings. The predicted molar refractivity (Wildman–Crippen MR) is 61.7 cm³/mol. The summed E-state index contributed by atoms with van der Waals surface area (Å²) in [7, 11) is 0. The molecule has 1 heteroatoms. The standard InChI is InChI=1S/C12H18S/c1-9-10(12(2,3)4)7-6-8-11(9)13-5/h6-8H,1-5H3. The summed E-state index contributed by atoms with van der Waals surface area (Å²) in [6.07, 6.45) is 2.13. The van der Waals surface area contributed by atoms with E-state index in [4.69, 9.17) is 0 Å². The van der Waals surface area contributed by atoms with Gasteiger partial charge in [0.2, 0.25) is 0 Å². The first kappa shape index (κ1) is 10.6. The number of thioether (sulfide) groups is 1. The third-order valence-electron chi connectivity index (χ3n) is 2.31. The molecule has 0 amide bonds. The van der Waals surface area contributed by atoms with Crippen molar-refractivity contribution in [2.75, 3.05) is 6.26 Å². The van der Waals surface area contributed by atoms with Gasteiger partial charge in [-0.1, -0.05) is 32.9 Å². The maximum atomic E-state index is 2.26. The fraction of sp³-hybridized carbons (Fsp3) is 0.500. The lowest BCUT2D eigenvalue weighted by Crippen LogP contribution is -2.13. The van der Waals surface area contributed by atoms with Gasteiger partial charge < -0.3 is 0 Å². The van der Waals surface area contributed by atoms with E-state index >= 15 is 0 Å². The lowest BCUT2D eigenvalue weighted by Gasteiger charge is -2.22. The van der Waals surface area contributed by atoms with Gasteiger partial charge in [-0.3, -0.25) is 0 Å². The third kappa shape index (κ3) is 2.28. The zero-order valence-electron chi connectivity index (χ0n) is 9.14. The molecule has 1 rings (SSSR count). The molecular weight excluding hydrogens is 176 g/mol. The van der Waals surface area contributed by atoms with Crippen LogP contribution in [0.15, 0.2) is 23.1 Å². The summed E-state index contributed by atoms with van der Waals surface area (Å²) in [6.45, 7) is 9.00. The first-order valence-corrected chi connectivity index (χ1v) is 5.83. The lowest BCUT2D eigenvalue weighted by molar-refractivity contribution is 0.584. The first-order chi connectivity index (χ1) is 5.96. The SMILES string of the molecule is CSc1cccc(C(C)(C)C)c1C. The summed E-state index contributed by atoms with van der Waals surface area (Å²) in [5.74, 6) is 0. The number of benzene rings is 1. The topological polar surface area (TPSA) is 0 Å². The summed E-state index contributed by atoms with van der Waals surface area (Å²) >= 11 is 1.83. The molecule has 0 saturated carbocycles. The van der Waals surface area contributed by atoms with Crippen LogP contribution in [-0.4, -0.2) is 6.26 Å². The summed E-state index contributed by atoms with van der Waals surface area (Å²) in [6, 6.07) is 6.57. The Kier molecular flexibility index (Phi) is 3.07. The molecule has 0 aliphatic heterocycles. The van der Waals surface area contributed by atoms with Gasteiger partial charge in [0.1, 0.15) is 0 Å². The van der Waals surface area contributed by atoms with Crippen molar-refractivity contribution in [1.82, 2.24) is 0 Å². The van der Waals surface area contributed by atoms with Crippen LogP contribution in [0.25, 0.3) is 0 Å². The molecule has 1 aromatic carbocycles. The molecule has 0 radical (unpaired) electrons. The van der Waals surface area contributed by atoms with Gasteiger partial charge in [-0.15, -0.1) is 11.8 Å². The van der Waals surface area contributed by atoms with E-state index < -0.39 is 0 Å². The van der Waals surface area contributed by atoms with Gasteiger partial charge in [0.25, 0.3) is 0 Å². The monoisotopic (exact) mass is 194 g/mol. The Bertz CT molecular complexity index is 294. The Balaban J connectivity index is 3.24. The molecule has 0 N–H and O–H groups in total. The Morgan fingerprint density at radius 2 is 1.77 bits per heavy atom. The Hall–Kier alpha value is -0.430. The lowest BCUT2D eigenvalue weighted by atomic mass is 9.84. The van der Waals surface area contributed by atoms with Crippen LogP contribution in [0.2, 0.25) is 0 Å². The second-order valence-corrected chi connectivity index (χ2v) is 5.23. The molecular formula is C12H18S. The number of hydrogen-bond donors (Lipinski definition) is 0. The average molecular weight is 194 g/mol. The largest absolute Gasteiger partial charge is 0.129 e. The summed E-state index contributed by atoms with van der Waals surface area (Å²) in [5, 5.41) is 0. The zero-order valence-corrected chi connectivity index (χ0v) is 9.96. The summed E-state index contributed by atoms with van der Waals surface area (Å²) in [4.78, 5) is 1.40. The molecule has 0 aliphatic rings. The van der Waals surface area contributed by atoms with Gasteiger partial charge in [-0.25, -0.2) is 0 Å². The second kappa shape index (κ2) is 3.75. The molecule has 0 bridgehead atoms. The summed E-state index contributed by atoms with van der Waals surface area (Å²) < 4.78 is 0. The molecule has 0 aromatic heterocycles. The highest BCUT2D eigenvalue weighted by Gasteiger charge is 2.16. The Labute approximate surface area is 85.7 Å². The minimum Gasteiger partial charge on any atom is -0.129 e. The van der Waals surface area contributed by atoms with Crippen LogP contribution in [-0.2, 0) is 5.41 Å². The minimum atomic E-state index is 0.260. The van der Waals surface area contributed by atoms with Crippen LogP contribution in [0, 0.1) is 6.92 Å². The van der Waals surface area contributed by atoms with E-state index in [2.05, 4.69) is 52.1 Å². The van der Waals surface area contributed by atoms with Crippen molar-refractivity contribution in [2.45, 2.75) is 38.0 Å². The molecule has 1 aromatic rings. The van der Waals surface area contributed by atoms with Gasteiger partial charge in [0.15, 0.2) is 0 Å². The van der Waals surface area contributed by atoms with E-state index in [0.717, 1.165) is 0 Å². The zero-order chi connectivity index (χ0) is 10.1. The highest BCUT2D eigenvalue weighted by atomic mass is 32.2. The fourth-order valence-electron chi connectivity index (χ4n) is 1.65. The first-order valence-electron chi connectivity index (χ1n) is 4.61. The smallest absolute Gasteiger partial charge is 0.0101 e. The van der Waals surface area contributed by atoms with Crippen molar-refractivity contribution in [1.29, 1.82) is 0 Å². The Morgan fingerprint density at radius 1 is 1.15 bits per heavy atom. The molecule has 0 heterocycles. The van der Waals surface area contributed by atoms with Crippen molar-refractivity contribution in [3.8, 4) is 0 Å². The van der Waals surface area contributed by atoms with Crippen LogP contribution in [0.1, 0.15) is 31.9 Å². The van der Waals surface area contributed by atoms with Crippen molar-refractivity contribution in [3.05, 3.63) is 29.3 Å². The van der Waals surface area contributed by atoms with Gasteiger partial charge in [-0.05, 0) is 35.8 Å². The molecule has 0 unspecified atom stereocenters. The Morgan fingerprint density at radius 3 is 2.23 bits per heavy atom. The van der Waals surface area contributed by atoms with Crippen LogP contribution in [0.3, 0.4) is 0 Å². The molecule has 0 saturated heterocycles. The van der Waals surface area contributed by atoms with Crippen molar-refractivity contribution < 1.29 is 0 Å². The predicted octanol–water partition coefficient (Wildman–Crippen LogP) is 4.01. The highest BCUT2D eigenvalue weighted by molar-refractivity contribution is 7.98. The van der Waals surface area contributed by atoms with Gasteiger partial charge >= 0.3 is 0 Å². The third-order valence-corrected chi connectivity index (χ3v) is 3.19. The van der Waals surface area contributed by atoms with Crippen LogP contribution < -0.4 is 0 Å².